The Bertz CT molecular complexity index is 1040. The van der Waals surface area contributed by atoms with E-state index in [1.54, 1.807) is 0 Å². The largest absolute Gasteiger partial charge is 0.364 e. The highest BCUT2D eigenvalue weighted by molar-refractivity contribution is 6.35. The van der Waals surface area contributed by atoms with Crippen molar-refractivity contribution in [2.75, 3.05) is 39.8 Å². The van der Waals surface area contributed by atoms with Crippen LogP contribution in [0.2, 0.25) is 5.02 Å². The minimum atomic E-state index is -0.195. The van der Waals surface area contributed by atoms with Gasteiger partial charge in [0.15, 0.2) is 0 Å². The quantitative estimate of drug-likeness (QED) is 0.671. The van der Waals surface area contributed by atoms with Crippen molar-refractivity contribution in [3.63, 3.8) is 0 Å². The van der Waals surface area contributed by atoms with Crippen molar-refractivity contribution in [3.8, 4) is 0 Å². The SMILES string of the molecule is Cc1ccc(C2=C(N3CCN(C)CC3)C(=O)N(CCc3ccc(Cl)cc3)C2=O)c(C)c1. The molecule has 2 aliphatic rings. The Morgan fingerprint density at radius 3 is 2.23 bits per heavy atom. The molecule has 4 rings (SSSR count). The van der Waals surface area contributed by atoms with Crippen LogP contribution in [-0.2, 0) is 16.0 Å². The molecule has 0 radical (unpaired) electrons. The molecule has 162 valence electrons. The molecule has 2 aromatic rings. The Balaban J connectivity index is 1.67. The fourth-order valence-electron chi connectivity index (χ4n) is 4.32. The Hall–Kier alpha value is -2.63. The second-order valence-corrected chi connectivity index (χ2v) is 8.91. The summed E-state index contributed by atoms with van der Waals surface area (Å²) in [5, 5.41) is 0.674. The number of amides is 2. The van der Waals surface area contributed by atoms with E-state index in [0.29, 0.717) is 29.3 Å². The highest BCUT2D eigenvalue weighted by atomic mass is 35.5. The van der Waals surface area contributed by atoms with Crippen LogP contribution in [0, 0.1) is 13.8 Å². The van der Waals surface area contributed by atoms with E-state index < -0.39 is 0 Å². The molecule has 2 aromatic carbocycles. The molecule has 0 N–H and O–H groups in total. The minimum Gasteiger partial charge on any atom is -0.364 e. The maximum absolute atomic E-state index is 13.5. The first-order valence-electron chi connectivity index (χ1n) is 10.7. The van der Waals surface area contributed by atoms with Crippen molar-refractivity contribution >= 4 is 29.0 Å². The smallest absolute Gasteiger partial charge is 0.277 e. The van der Waals surface area contributed by atoms with E-state index in [1.807, 2.05) is 50.2 Å². The van der Waals surface area contributed by atoms with E-state index in [2.05, 4.69) is 22.9 Å². The summed E-state index contributed by atoms with van der Waals surface area (Å²) in [6.07, 6.45) is 0.602. The minimum absolute atomic E-state index is 0.182. The lowest BCUT2D eigenvalue weighted by molar-refractivity contribution is -0.137. The molecule has 0 aliphatic carbocycles. The van der Waals surface area contributed by atoms with Crippen LogP contribution in [0.15, 0.2) is 48.2 Å². The summed E-state index contributed by atoms with van der Waals surface area (Å²) in [7, 11) is 2.08. The predicted octanol–water partition coefficient (Wildman–Crippen LogP) is 3.53. The van der Waals surface area contributed by atoms with Crippen molar-refractivity contribution < 1.29 is 9.59 Å². The van der Waals surface area contributed by atoms with Crippen LogP contribution in [0.3, 0.4) is 0 Å². The molecular weight excluding hydrogens is 410 g/mol. The van der Waals surface area contributed by atoms with Crippen LogP contribution in [0.1, 0.15) is 22.3 Å². The molecule has 31 heavy (non-hydrogen) atoms. The highest BCUT2D eigenvalue weighted by Gasteiger charge is 2.42. The number of nitrogens with zero attached hydrogens (tertiary/aromatic N) is 3. The standard InChI is InChI=1S/C25H28ClN3O2/c1-17-4-9-21(18(2)16-17)22-23(28-14-12-27(3)13-15-28)25(31)29(24(22)30)11-10-19-5-7-20(26)8-6-19/h4-9,16H,10-15H2,1-3H3. The summed E-state index contributed by atoms with van der Waals surface area (Å²) >= 11 is 5.98. The van der Waals surface area contributed by atoms with Crippen LogP contribution >= 0.6 is 11.6 Å². The third kappa shape index (κ3) is 4.39. The molecule has 0 bridgehead atoms. The topological polar surface area (TPSA) is 43.9 Å². The Morgan fingerprint density at radius 1 is 0.903 bits per heavy atom. The normalized spacial score (nSPS) is 17.8. The first-order valence-corrected chi connectivity index (χ1v) is 11.1. The zero-order valence-corrected chi connectivity index (χ0v) is 19.1. The van der Waals surface area contributed by atoms with Crippen LogP contribution < -0.4 is 0 Å². The van der Waals surface area contributed by atoms with Gasteiger partial charge in [0.2, 0.25) is 0 Å². The molecule has 0 unspecified atom stereocenters. The molecule has 1 saturated heterocycles. The van der Waals surface area contributed by atoms with Gasteiger partial charge in [0.25, 0.3) is 11.8 Å². The third-order valence-corrected chi connectivity index (χ3v) is 6.40. The summed E-state index contributed by atoms with van der Waals surface area (Å²) in [5.74, 6) is -0.377. The summed E-state index contributed by atoms with van der Waals surface area (Å²) in [6, 6.07) is 13.6. The summed E-state index contributed by atoms with van der Waals surface area (Å²) in [6.45, 7) is 7.61. The summed E-state index contributed by atoms with van der Waals surface area (Å²) in [4.78, 5) is 32.8. The molecule has 0 saturated carbocycles. The maximum atomic E-state index is 13.5. The molecule has 0 atom stereocenters. The van der Waals surface area contributed by atoms with Gasteiger partial charge in [0, 0.05) is 37.7 Å². The average Bonchev–Trinajstić information content (AvgIpc) is 2.98. The van der Waals surface area contributed by atoms with E-state index in [1.165, 1.54) is 4.90 Å². The van der Waals surface area contributed by atoms with Crippen LogP contribution in [0.4, 0.5) is 0 Å². The van der Waals surface area contributed by atoms with Gasteiger partial charge >= 0.3 is 0 Å². The van der Waals surface area contributed by atoms with Gasteiger partial charge in [0.1, 0.15) is 5.70 Å². The van der Waals surface area contributed by atoms with Crippen molar-refractivity contribution in [1.29, 1.82) is 0 Å². The molecule has 5 nitrogen and oxygen atoms in total. The van der Waals surface area contributed by atoms with Gasteiger partial charge in [-0.15, -0.1) is 0 Å². The Kier molecular flexibility index (Phi) is 6.17. The van der Waals surface area contributed by atoms with Crippen LogP contribution in [0.5, 0.6) is 0 Å². The van der Waals surface area contributed by atoms with E-state index in [9.17, 15) is 9.59 Å². The molecule has 2 aliphatic heterocycles. The summed E-state index contributed by atoms with van der Waals surface area (Å²) < 4.78 is 0. The maximum Gasteiger partial charge on any atom is 0.277 e. The van der Waals surface area contributed by atoms with E-state index in [0.717, 1.165) is 48.4 Å². The van der Waals surface area contributed by atoms with Crippen LogP contribution in [0.25, 0.3) is 5.57 Å². The lowest BCUT2D eigenvalue weighted by atomic mass is 9.97. The lowest BCUT2D eigenvalue weighted by Crippen LogP contribution is -2.46. The zero-order chi connectivity index (χ0) is 22.1. The van der Waals surface area contributed by atoms with Crippen molar-refractivity contribution in [3.05, 3.63) is 75.4 Å². The highest BCUT2D eigenvalue weighted by Crippen LogP contribution is 2.34. The fraction of sp³-hybridized carbons (Fsp3) is 0.360. The van der Waals surface area contributed by atoms with Gasteiger partial charge in [0.05, 0.1) is 5.57 Å². The number of aryl methyl sites for hydroxylation is 2. The van der Waals surface area contributed by atoms with E-state index in [4.69, 9.17) is 11.6 Å². The predicted molar refractivity (Wildman–Crippen MR) is 124 cm³/mol. The number of hydrogen-bond acceptors (Lipinski definition) is 4. The number of rotatable bonds is 5. The third-order valence-electron chi connectivity index (χ3n) is 6.15. The number of carbonyl (C=O) groups excluding carboxylic acids is 2. The monoisotopic (exact) mass is 437 g/mol. The first kappa shape index (κ1) is 21.6. The Morgan fingerprint density at radius 2 is 1.58 bits per heavy atom. The number of likely N-dealkylation sites (N-methyl/N-ethyl adjacent to an activating group) is 1. The number of benzene rings is 2. The van der Waals surface area contributed by atoms with Gasteiger partial charge in [-0.25, -0.2) is 0 Å². The fourth-order valence-corrected chi connectivity index (χ4v) is 4.44. The van der Waals surface area contributed by atoms with Crippen LogP contribution in [-0.4, -0.2) is 66.3 Å². The second kappa shape index (κ2) is 8.85. The molecule has 2 amide bonds. The number of piperazine rings is 1. The average molecular weight is 438 g/mol. The number of hydrogen-bond donors (Lipinski definition) is 0. The molecule has 6 heteroatoms. The molecule has 0 aromatic heterocycles. The van der Waals surface area contributed by atoms with Gasteiger partial charge < -0.3 is 9.80 Å². The second-order valence-electron chi connectivity index (χ2n) is 8.47. The van der Waals surface area contributed by atoms with Gasteiger partial charge in [-0.1, -0.05) is 47.5 Å². The van der Waals surface area contributed by atoms with Gasteiger partial charge in [-0.2, -0.15) is 0 Å². The number of halogens is 1. The van der Waals surface area contributed by atoms with Crippen molar-refractivity contribution in [2.45, 2.75) is 20.3 Å². The summed E-state index contributed by atoms with van der Waals surface area (Å²) in [5.41, 5.74) is 5.16. The van der Waals surface area contributed by atoms with Gasteiger partial charge in [-0.3, -0.25) is 14.5 Å². The molecular formula is C25H28ClN3O2. The number of imide groups is 1. The van der Waals surface area contributed by atoms with Gasteiger partial charge in [-0.05, 0) is 56.1 Å². The van der Waals surface area contributed by atoms with Crippen molar-refractivity contribution in [2.24, 2.45) is 0 Å². The molecule has 2 heterocycles. The molecule has 0 spiro atoms. The van der Waals surface area contributed by atoms with Crippen molar-refractivity contribution in [1.82, 2.24) is 14.7 Å². The Labute approximate surface area is 188 Å². The first-order chi connectivity index (χ1) is 14.8. The van der Waals surface area contributed by atoms with E-state index >= 15 is 0 Å². The number of carbonyl (C=O) groups is 2. The van der Waals surface area contributed by atoms with E-state index in [-0.39, 0.29) is 11.8 Å². The lowest BCUT2D eigenvalue weighted by Gasteiger charge is -2.34. The zero-order valence-electron chi connectivity index (χ0n) is 18.3. The molecule has 1 fully saturated rings.